The van der Waals surface area contributed by atoms with Crippen LogP contribution >= 0.6 is 11.3 Å². The number of benzene rings is 1. The Morgan fingerprint density at radius 3 is 3.00 bits per heavy atom. The molecule has 1 heterocycles. The Hall–Kier alpha value is -0.860. The zero-order chi connectivity index (χ0) is 9.26. The summed E-state index contributed by atoms with van der Waals surface area (Å²) in [5.74, 6) is 0. The van der Waals surface area contributed by atoms with Gasteiger partial charge in [-0.05, 0) is 53.9 Å². The molecule has 68 valence electrons. The molecular formula is C11H13NS. The van der Waals surface area contributed by atoms with Gasteiger partial charge in [0.2, 0.25) is 0 Å². The van der Waals surface area contributed by atoms with Crippen LogP contribution in [0.25, 0.3) is 10.1 Å². The minimum atomic E-state index is 0.731. The molecule has 2 aromatic rings. The van der Waals surface area contributed by atoms with Crippen molar-refractivity contribution in [3.05, 3.63) is 34.7 Å². The van der Waals surface area contributed by atoms with Crippen LogP contribution in [0.5, 0.6) is 0 Å². The van der Waals surface area contributed by atoms with E-state index in [-0.39, 0.29) is 0 Å². The number of hydrogen-bond donors (Lipinski definition) is 1. The van der Waals surface area contributed by atoms with E-state index in [1.807, 2.05) is 11.3 Å². The van der Waals surface area contributed by atoms with Gasteiger partial charge in [0.15, 0.2) is 0 Å². The van der Waals surface area contributed by atoms with E-state index in [9.17, 15) is 0 Å². The van der Waals surface area contributed by atoms with Crippen molar-refractivity contribution >= 4 is 21.4 Å². The van der Waals surface area contributed by atoms with Gasteiger partial charge in [0.1, 0.15) is 0 Å². The van der Waals surface area contributed by atoms with Crippen LogP contribution in [0.1, 0.15) is 11.1 Å². The van der Waals surface area contributed by atoms with E-state index < -0.39 is 0 Å². The number of hydrogen-bond acceptors (Lipinski definition) is 2. The lowest BCUT2D eigenvalue weighted by molar-refractivity contribution is 0.971. The fourth-order valence-corrected chi connectivity index (χ4v) is 2.45. The third-order valence-corrected chi connectivity index (χ3v) is 3.35. The first-order valence-electron chi connectivity index (χ1n) is 4.48. The summed E-state index contributed by atoms with van der Waals surface area (Å²) in [6.07, 6.45) is 0.977. The van der Waals surface area contributed by atoms with Crippen molar-refractivity contribution in [3.8, 4) is 0 Å². The summed E-state index contributed by atoms with van der Waals surface area (Å²) in [5.41, 5.74) is 8.24. The van der Waals surface area contributed by atoms with E-state index in [1.165, 1.54) is 21.2 Å². The smallest absolute Gasteiger partial charge is 0.0345 e. The van der Waals surface area contributed by atoms with E-state index >= 15 is 0 Å². The van der Waals surface area contributed by atoms with E-state index in [0.29, 0.717) is 0 Å². The normalized spacial score (nSPS) is 10.9. The number of nitrogens with two attached hydrogens (primary N) is 1. The quantitative estimate of drug-likeness (QED) is 0.776. The molecular weight excluding hydrogens is 178 g/mol. The lowest BCUT2D eigenvalue weighted by atomic mass is 10.1. The Kier molecular flexibility index (Phi) is 2.34. The first-order chi connectivity index (χ1) is 6.31. The molecule has 0 aliphatic heterocycles. The van der Waals surface area contributed by atoms with E-state index in [4.69, 9.17) is 5.73 Å². The van der Waals surface area contributed by atoms with Crippen LogP contribution in [-0.4, -0.2) is 6.54 Å². The molecule has 0 unspecified atom stereocenters. The summed E-state index contributed by atoms with van der Waals surface area (Å²) in [6, 6.07) is 6.62. The molecule has 1 nitrogen and oxygen atoms in total. The molecule has 0 aliphatic rings. The summed E-state index contributed by atoms with van der Waals surface area (Å²) in [5, 5.41) is 3.59. The van der Waals surface area contributed by atoms with Gasteiger partial charge in [-0.3, -0.25) is 0 Å². The zero-order valence-corrected chi connectivity index (χ0v) is 8.53. The van der Waals surface area contributed by atoms with Crippen LogP contribution in [-0.2, 0) is 6.42 Å². The van der Waals surface area contributed by atoms with Gasteiger partial charge in [0, 0.05) is 4.70 Å². The monoisotopic (exact) mass is 191 g/mol. The van der Waals surface area contributed by atoms with Crippen LogP contribution < -0.4 is 5.73 Å². The minimum absolute atomic E-state index is 0.731. The van der Waals surface area contributed by atoms with Crippen molar-refractivity contribution in [1.29, 1.82) is 0 Å². The largest absolute Gasteiger partial charge is 0.330 e. The van der Waals surface area contributed by atoms with Gasteiger partial charge in [0.05, 0.1) is 0 Å². The molecule has 0 amide bonds. The molecule has 2 N–H and O–H groups in total. The molecule has 1 aromatic heterocycles. The van der Waals surface area contributed by atoms with Gasteiger partial charge >= 0.3 is 0 Å². The Balaban J connectivity index is 2.53. The number of aryl methyl sites for hydroxylation is 1. The number of fused-ring (bicyclic) bond motifs is 1. The fourth-order valence-electron chi connectivity index (χ4n) is 1.53. The maximum absolute atomic E-state index is 5.52. The fraction of sp³-hybridized carbons (Fsp3) is 0.273. The molecule has 0 aliphatic carbocycles. The Bertz CT molecular complexity index is 417. The van der Waals surface area contributed by atoms with Gasteiger partial charge in [-0.15, -0.1) is 11.3 Å². The number of rotatable bonds is 2. The predicted molar refractivity (Wildman–Crippen MR) is 59.3 cm³/mol. The van der Waals surface area contributed by atoms with Crippen molar-refractivity contribution < 1.29 is 0 Å². The maximum atomic E-state index is 5.52. The summed E-state index contributed by atoms with van der Waals surface area (Å²) >= 11 is 1.81. The topological polar surface area (TPSA) is 26.0 Å². The van der Waals surface area contributed by atoms with Gasteiger partial charge in [-0.2, -0.15) is 0 Å². The lowest BCUT2D eigenvalue weighted by Crippen LogP contribution is -2.02. The molecule has 0 saturated heterocycles. The highest BCUT2D eigenvalue weighted by atomic mass is 32.1. The average molecular weight is 191 g/mol. The van der Waals surface area contributed by atoms with E-state index in [1.54, 1.807) is 0 Å². The second-order valence-corrected chi connectivity index (χ2v) is 4.20. The number of thiophene rings is 1. The van der Waals surface area contributed by atoms with E-state index in [0.717, 1.165) is 13.0 Å². The third kappa shape index (κ3) is 1.60. The summed E-state index contributed by atoms with van der Waals surface area (Å²) in [6.45, 7) is 2.89. The molecule has 0 spiro atoms. The highest BCUT2D eigenvalue weighted by molar-refractivity contribution is 7.17. The van der Waals surface area contributed by atoms with Crippen LogP contribution in [0.4, 0.5) is 0 Å². The summed E-state index contributed by atoms with van der Waals surface area (Å²) < 4.78 is 1.37. The average Bonchev–Trinajstić information content (AvgIpc) is 2.49. The minimum Gasteiger partial charge on any atom is -0.330 e. The Labute approximate surface area is 82.2 Å². The Morgan fingerprint density at radius 2 is 2.23 bits per heavy atom. The zero-order valence-electron chi connectivity index (χ0n) is 7.71. The molecule has 1 aromatic carbocycles. The van der Waals surface area contributed by atoms with Crippen molar-refractivity contribution in [3.63, 3.8) is 0 Å². The van der Waals surface area contributed by atoms with Crippen LogP contribution in [0.2, 0.25) is 0 Å². The van der Waals surface area contributed by atoms with Gasteiger partial charge in [-0.1, -0.05) is 6.07 Å². The van der Waals surface area contributed by atoms with Crippen LogP contribution in [0.3, 0.4) is 0 Å². The molecule has 0 radical (unpaired) electrons. The van der Waals surface area contributed by atoms with Crippen molar-refractivity contribution in [1.82, 2.24) is 0 Å². The summed E-state index contributed by atoms with van der Waals surface area (Å²) in [7, 11) is 0. The highest BCUT2D eigenvalue weighted by Gasteiger charge is 2.00. The molecule has 0 saturated carbocycles. The van der Waals surface area contributed by atoms with Crippen LogP contribution in [0, 0.1) is 6.92 Å². The van der Waals surface area contributed by atoms with Crippen molar-refractivity contribution in [2.45, 2.75) is 13.3 Å². The SMILES string of the molecule is Cc1csc2ccc(CCN)cc12. The van der Waals surface area contributed by atoms with Crippen molar-refractivity contribution in [2.75, 3.05) is 6.54 Å². The lowest BCUT2D eigenvalue weighted by Gasteiger charge is -1.98. The third-order valence-electron chi connectivity index (χ3n) is 2.26. The second-order valence-electron chi connectivity index (χ2n) is 3.29. The molecule has 0 atom stereocenters. The first-order valence-corrected chi connectivity index (χ1v) is 5.36. The highest BCUT2D eigenvalue weighted by Crippen LogP contribution is 2.26. The second kappa shape index (κ2) is 3.48. The Morgan fingerprint density at radius 1 is 1.38 bits per heavy atom. The first kappa shape index (κ1) is 8.73. The molecule has 2 rings (SSSR count). The molecule has 2 heteroatoms. The maximum Gasteiger partial charge on any atom is 0.0345 e. The molecule has 0 bridgehead atoms. The van der Waals surface area contributed by atoms with Gasteiger partial charge in [-0.25, -0.2) is 0 Å². The predicted octanol–water partition coefficient (Wildman–Crippen LogP) is 2.71. The van der Waals surface area contributed by atoms with Gasteiger partial charge < -0.3 is 5.73 Å². The van der Waals surface area contributed by atoms with Crippen molar-refractivity contribution in [2.24, 2.45) is 5.73 Å². The van der Waals surface area contributed by atoms with Crippen LogP contribution in [0.15, 0.2) is 23.6 Å². The molecule has 13 heavy (non-hydrogen) atoms. The molecule has 0 fully saturated rings. The van der Waals surface area contributed by atoms with Gasteiger partial charge in [0.25, 0.3) is 0 Å². The standard InChI is InChI=1S/C11H13NS/c1-8-7-13-11-3-2-9(4-5-12)6-10(8)11/h2-3,6-7H,4-5,12H2,1H3. The van der Waals surface area contributed by atoms with E-state index in [2.05, 4.69) is 30.5 Å². The summed E-state index contributed by atoms with van der Waals surface area (Å²) in [4.78, 5) is 0.